The summed E-state index contributed by atoms with van der Waals surface area (Å²) in [5, 5.41) is 1.62. The molecule has 1 saturated heterocycles. The van der Waals surface area contributed by atoms with E-state index >= 15 is 0 Å². The first kappa shape index (κ1) is 11.5. The number of aliphatic imine (C=N–C) groups is 2. The quantitative estimate of drug-likeness (QED) is 0.751. The Morgan fingerprint density at radius 2 is 2.12 bits per heavy atom. The van der Waals surface area contributed by atoms with E-state index in [1.165, 1.54) is 36.7 Å². The standard InChI is InChI=1S/C13H19N3S/c1-9(16-7-3-4-8-16)11-5-6-12-13(15-11)14-10(2)17-12/h5-6,9,12-13H,3-4,7-8H2,1-2H3. The van der Waals surface area contributed by atoms with Crippen LogP contribution in [0.15, 0.2) is 22.1 Å². The molecule has 4 heteroatoms. The van der Waals surface area contributed by atoms with Crippen molar-refractivity contribution in [3.8, 4) is 0 Å². The van der Waals surface area contributed by atoms with Crippen LogP contribution >= 0.6 is 11.8 Å². The van der Waals surface area contributed by atoms with Crippen LogP contribution in [0.5, 0.6) is 0 Å². The van der Waals surface area contributed by atoms with E-state index in [0.29, 0.717) is 11.3 Å². The van der Waals surface area contributed by atoms with Gasteiger partial charge in [-0.1, -0.05) is 17.8 Å². The Hall–Kier alpha value is -0.610. The van der Waals surface area contributed by atoms with Gasteiger partial charge in [0.2, 0.25) is 0 Å². The predicted molar refractivity (Wildman–Crippen MR) is 75.1 cm³/mol. The van der Waals surface area contributed by atoms with Crippen LogP contribution in [0.2, 0.25) is 0 Å². The van der Waals surface area contributed by atoms with Crippen molar-refractivity contribution in [2.75, 3.05) is 13.1 Å². The average molecular weight is 249 g/mol. The molecule has 0 bridgehead atoms. The molecule has 3 rings (SSSR count). The van der Waals surface area contributed by atoms with E-state index in [-0.39, 0.29) is 6.17 Å². The molecule has 3 heterocycles. The molecule has 0 amide bonds. The summed E-state index contributed by atoms with van der Waals surface area (Å²) < 4.78 is 0. The topological polar surface area (TPSA) is 28.0 Å². The number of nitrogens with zero attached hydrogens (tertiary/aromatic N) is 3. The summed E-state index contributed by atoms with van der Waals surface area (Å²) in [6.45, 7) is 6.79. The molecule has 0 radical (unpaired) electrons. The van der Waals surface area contributed by atoms with Crippen LogP contribution in [0, 0.1) is 0 Å². The van der Waals surface area contributed by atoms with E-state index in [0.717, 1.165) is 0 Å². The number of thioether (sulfide) groups is 1. The number of fused-ring (bicyclic) bond motifs is 1. The third kappa shape index (κ3) is 2.20. The van der Waals surface area contributed by atoms with Crippen LogP contribution in [0.3, 0.4) is 0 Å². The minimum Gasteiger partial charge on any atom is -0.295 e. The third-order valence-electron chi connectivity index (χ3n) is 3.77. The molecule has 0 aromatic heterocycles. The molecule has 0 spiro atoms. The lowest BCUT2D eigenvalue weighted by Gasteiger charge is -2.27. The fraction of sp³-hybridized carbons (Fsp3) is 0.692. The van der Waals surface area contributed by atoms with Gasteiger partial charge in [0.05, 0.1) is 16.0 Å². The summed E-state index contributed by atoms with van der Waals surface area (Å²) in [6.07, 6.45) is 7.31. The highest BCUT2D eigenvalue weighted by atomic mass is 32.2. The zero-order valence-electron chi connectivity index (χ0n) is 10.5. The molecule has 3 atom stereocenters. The second-order valence-electron chi connectivity index (χ2n) is 4.98. The Morgan fingerprint density at radius 3 is 2.88 bits per heavy atom. The van der Waals surface area contributed by atoms with Crippen LogP contribution in [0.4, 0.5) is 0 Å². The fourth-order valence-electron chi connectivity index (χ4n) is 2.74. The molecular formula is C13H19N3S. The highest BCUT2D eigenvalue weighted by molar-refractivity contribution is 8.14. The normalized spacial score (nSPS) is 34.5. The predicted octanol–water partition coefficient (Wildman–Crippen LogP) is 2.34. The monoisotopic (exact) mass is 249 g/mol. The lowest BCUT2D eigenvalue weighted by atomic mass is 10.1. The van der Waals surface area contributed by atoms with E-state index in [1.807, 2.05) is 11.8 Å². The van der Waals surface area contributed by atoms with Crippen molar-refractivity contribution in [1.29, 1.82) is 0 Å². The van der Waals surface area contributed by atoms with Crippen molar-refractivity contribution in [3.05, 3.63) is 12.2 Å². The molecule has 0 N–H and O–H groups in total. The van der Waals surface area contributed by atoms with Crippen LogP contribution in [0.1, 0.15) is 26.7 Å². The molecular weight excluding hydrogens is 230 g/mol. The summed E-state index contributed by atoms with van der Waals surface area (Å²) in [4.78, 5) is 11.9. The molecule has 0 aliphatic carbocycles. The number of hydrogen-bond acceptors (Lipinski definition) is 4. The number of dihydropyridines is 1. The van der Waals surface area contributed by atoms with Gasteiger partial charge >= 0.3 is 0 Å². The second-order valence-corrected chi connectivity index (χ2v) is 6.35. The lowest BCUT2D eigenvalue weighted by molar-refractivity contribution is 0.314. The summed E-state index contributed by atoms with van der Waals surface area (Å²) in [7, 11) is 0. The Balaban J connectivity index is 1.75. The molecule has 3 unspecified atom stereocenters. The highest BCUT2D eigenvalue weighted by Gasteiger charge is 2.31. The van der Waals surface area contributed by atoms with Crippen molar-refractivity contribution in [2.45, 2.75) is 44.1 Å². The molecule has 92 valence electrons. The fourth-order valence-corrected chi connectivity index (χ4v) is 3.70. The molecule has 3 aliphatic heterocycles. The van der Waals surface area contributed by atoms with Gasteiger partial charge < -0.3 is 0 Å². The van der Waals surface area contributed by atoms with Crippen LogP contribution in [-0.2, 0) is 0 Å². The molecule has 0 aromatic carbocycles. The van der Waals surface area contributed by atoms with Gasteiger partial charge in [-0.05, 0) is 45.9 Å². The van der Waals surface area contributed by atoms with Gasteiger partial charge in [0.1, 0.15) is 0 Å². The Morgan fingerprint density at radius 1 is 1.35 bits per heavy atom. The summed E-state index contributed by atoms with van der Waals surface area (Å²) >= 11 is 1.84. The number of hydrogen-bond donors (Lipinski definition) is 0. The van der Waals surface area contributed by atoms with Gasteiger partial charge in [-0.2, -0.15) is 0 Å². The van der Waals surface area contributed by atoms with Gasteiger partial charge in [0.25, 0.3) is 0 Å². The van der Waals surface area contributed by atoms with Crippen LogP contribution < -0.4 is 0 Å². The van der Waals surface area contributed by atoms with E-state index < -0.39 is 0 Å². The van der Waals surface area contributed by atoms with Crippen LogP contribution in [-0.4, -0.2) is 46.2 Å². The maximum absolute atomic E-state index is 4.82. The van der Waals surface area contributed by atoms with E-state index in [4.69, 9.17) is 4.99 Å². The molecule has 3 nitrogen and oxygen atoms in total. The highest BCUT2D eigenvalue weighted by Crippen LogP contribution is 2.31. The van der Waals surface area contributed by atoms with Gasteiger partial charge in [-0.25, -0.2) is 0 Å². The molecule has 17 heavy (non-hydrogen) atoms. The van der Waals surface area contributed by atoms with Gasteiger partial charge in [-0.3, -0.25) is 14.9 Å². The molecule has 0 aromatic rings. The van der Waals surface area contributed by atoms with Crippen LogP contribution in [0.25, 0.3) is 0 Å². The van der Waals surface area contributed by atoms with Crippen molar-refractivity contribution < 1.29 is 0 Å². The van der Waals surface area contributed by atoms with E-state index in [2.05, 4.69) is 35.9 Å². The first-order valence-electron chi connectivity index (χ1n) is 6.45. The smallest absolute Gasteiger partial charge is 0.156 e. The molecule has 3 aliphatic rings. The van der Waals surface area contributed by atoms with Crippen molar-refractivity contribution in [3.63, 3.8) is 0 Å². The maximum atomic E-state index is 4.82. The van der Waals surface area contributed by atoms with Gasteiger partial charge in [-0.15, -0.1) is 0 Å². The lowest BCUT2D eigenvalue weighted by Crippen LogP contribution is -2.38. The number of likely N-dealkylation sites (tertiary alicyclic amines) is 1. The van der Waals surface area contributed by atoms with Gasteiger partial charge in [0, 0.05) is 6.04 Å². The van der Waals surface area contributed by atoms with Gasteiger partial charge in [0.15, 0.2) is 6.17 Å². The number of rotatable bonds is 2. The minimum absolute atomic E-state index is 0.144. The zero-order chi connectivity index (χ0) is 11.8. The van der Waals surface area contributed by atoms with Crippen molar-refractivity contribution in [1.82, 2.24) is 4.90 Å². The zero-order valence-corrected chi connectivity index (χ0v) is 11.3. The van der Waals surface area contributed by atoms with E-state index in [1.54, 1.807) is 0 Å². The van der Waals surface area contributed by atoms with E-state index in [9.17, 15) is 0 Å². The Labute approximate surface area is 107 Å². The first-order chi connectivity index (χ1) is 8.24. The molecule has 1 fully saturated rings. The summed E-state index contributed by atoms with van der Waals surface area (Å²) in [5.41, 5.74) is 1.22. The molecule has 0 saturated carbocycles. The minimum atomic E-state index is 0.144. The summed E-state index contributed by atoms with van der Waals surface area (Å²) in [6, 6.07) is 0.454. The largest absolute Gasteiger partial charge is 0.295 e. The SMILES string of the molecule is CC1=NC2N=C(C(C)N3CCCC3)C=CC2S1. The summed E-state index contributed by atoms with van der Waals surface area (Å²) in [5.74, 6) is 0. The Bertz CT molecular complexity index is 393. The first-order valence-corrected chi connectivity index (χ1v) is 7.33. The average Bonchev–Trinajstić information content (AvgIpc) is 2.94. The Kier molecular flexibility index (Phi) is 3.09. The van der Waals surface area contributed by atoms with Crippen molar-refractivity contribution >= 4 is 22.5 Å². The third-order valence-corrected chi connectivity index (χ3v) is 4.89. The van der Waals surface area contributed by atoms with Crippen molar-refractivity contribution in [2.24, 2.45) is 9.98 Å². The maximum Gasteiger partial charge on any atom is 0.156 e. The second kappa shape index (κ2) is 4.58.